The van der Waals surface area contributed by atoms with Gasteiger partial charge in [0.15, 0.2) is 5.13 Å². The molecule has 1 atom stereocenters. The van der Waals surface area contributed by atoms with Gasteiger partial charge in [-0.2, -0.15) is 0 Å². The van der Waals surface area contributed by atoms with E-state index < -0.39 is 0 Å². The minimum absolute atomic E-state index is 0. The Labute approximate surface area is 194 Å². The molecule has 3 aromatic rings. The van der Waals surface area contributed by atoms with Crippen molar-refractivity contribution in [3.05, 3.63) is 86.9 Å². The van der Waals surface area contributed by atoms with Crippen molar-refractivity contribution in [2.75, 3.05) is 5.32 Å². The maximum absolute atomic E-state index is 12.6. The Kier molecular flexibility index (Phi) is 5.30. The Balaban J connectivity index is 0.00000259. The molecule has 1 heterocycles. The summed E-state index contributed by atoms with van der Waals surface area (Å²) in [4.78, 5) is 16.7. The van der Waals surface area contributed by atoms with E-state index in [0.29, 0.717) is 10.7 Å². The molecule has 32 heavy (non-hydrogen) atoms. The highest BCUT2D eigenvalue weighted by Crippen LogP contribution is 2.51. The average molecular weight is 444 g/mol. The second-order valence-electron chi connectivity index (χ2n) is 9.02. The molecule has 0 bridgehead atoms. The molecule has 5 rings (SSSR count). The Bertz CT molecular complexity index is 1230. The summed E-state index contributed by atoms with van der Waals surface area (Å²) in [5, 5.41) is 13.4. The Hall–Kier alpha value is -3.05. The lowest BCUT2D eigenvalue weighted by Gasteiger charge is -2.43. The molecule has 0 saturated carbocycles. The normalized spacial score (nSPS) is 19.8. The van der Waals surface area contributed by atoms with Crippen LogP contribution in [0, 0.1) is 12.3 Å². The molecule has 4 nitrogen and oxygen atoms in total. The van der Waals surface area contributed by atoms with Crippen molar-refractivity contribution >= 4 is 34.2 Å². The van der Waals surface area contributed by atoms with Crippen LogP contribution >= 0.6 is 11.3 Å². The standard InChI is InChI=1S/C27H27N3OS.H2/c1-17-7-8-19-15-27(2,23-6-4-3-5-21(23)24(19)22(17)16-28)20-11-9-18(10-12-20)25(31)30-26-29-13-14-32-26;/h7-14,16,28H,3-6,15H2,1-2H3,(H,29,30,31);1H. The van der Waals surface area contributed by atoms with Crippen molar-refractivity contribution in [2.45, 2.75) is 51.4 Å². The second-order valence-corrected chi connectivity index (χ2v) is 9.91. The Morgan fingerprint density at radius 2 is 1.97 bits per heavy atom. The van der Waals surface area contributed by atoms with Gasteiger partial charge in [0, 0.05) is 35.8 Å². The van der Waals surface area contributed by atoms with Gasteiger partial charge in [-0.15, -0.1) is 11.3 Å². The highest BCUT2D eigenvalue weighted by molar-refractivity contribution is 7.13. The van der Waals surface area contributed by atoms with Crippen LogP contribution in [-0.4, -0.2) is 17.1 Å². The number of thiazole rings is 1. The van der Waals surface area contributed by atoms with Gasteiger partial charge in [-0.1, -0.05) is 36.8 Å². The van der Waals surface area contributed by atoms with Gasteiger partial charge in [-0.25, -0.2) is 4.98 Å². The van der Waals surface area contributed by atoms with Crippen LogP contribution in [0.1, 0.15) is 72.2 Å². The van der Waals surface area contributed by atoms with E-state index in [1.807, 2.05) is 17.5 Å². The number of hydrogen-bond donors (Lipinski definition) is 2. The molecule has 0 radical (unpaired) electrons. The molecule has 5 heteroatoms. The summed E-state index contributed by atoms with van der Waals surface area (Å²) in [5.74, 6) is -0.130. The van der Waals surface area contributed by atoms with Crippen molar-refractivity contribution in [3.8, 4) is 0 Å². The van der Waals surface area contributed by atoms with Crippen LogP contribution in [0.5, 0.6) is 0 Å². The van der Waals surface area contributed by atoms with Gasteiger partial charge in [0.25, 0.3) is 5.91 Å². The van der Waals surface area contributed by atoms with Crippen LogP contribution in [0.2, 0.25) is 0 Å². The van der Waals surface area contributed by atoms with Crippen LogP contribution in [-0.2, 0) is 11.8 Å². The zero-order valence-electron chi connectivity index (χ0n) is 18.5. The van der Waals surface area contributed by atoms with Crippen molar-refractivity contribution in [2.24, 2.45) is 0 Å². The molecular weight excluding hydrogens is 414 g/mol. The first-order valence-corrected chi connectivity index (χ1v) is 12.1. The summed E-state index contributed by atoms with van der Waals surface area (Å²) in [5.41, 5.74) is 9.67. The fraction of sp³-hybridized carbons (Fsp3) is 0.296. The van der Waals surface area contributed by atoms with Gasteiger partial charge in [0.2, 0.25) is 0 Å². The predicted octanol–water partition coefficient (Wildman–Crippen LogP) is 6.79. The molecule has 0 spiro atoms. The van der Waals surface area contributed by atoms with Gasteiger partial charge in [-0.3, -0.25) is 10.1 Å². The number of allylic oxidation sites excluding steroid dienone is 2. The number of nitrogens with one attached hydrogen (secondary N) is 2. The van der Waals surface area contributed by atoms with Crippen molar-refractivity contribution in [1.82, 2.24) is 4.98 Å². The molecule has 2 aromatic carbocycles. The Morgan fingerprint density at radius 3 is 2.69 bits per heavy atom. The highest BCUT2D eigenvalue weighted by Gasteiger charge is 2.39. The van der Waals surface area contributed by atoms with Crippen LogP contribution in [0.3, 0.4) is 0 Å². The van der Waals surface area contributed by atoms with Crippen LogP contribution in [0.25, 0.3) is 5.57 Å². The molecule has 1 aromatic heterocycles. The van der Waals surface area contributed by atoms with Gasteiger partial charge in [-0.05, 0) is 79.0 Å². The number of carbonyl (C=O) groups excluding carboxylic acids is 1. The summed E-state index contributed by atoms with van der Waals surface area (Å²) < 4.78 is 0. The Morgan fingerprint density at radius 1 is 1.19 bits per heavy atom. The van der Waals surface area contributed by atoms with E-state index in [4.69, 9.17) is 5.41 Å². The van der Waals surface area contributed by atoms with Crippen molar-refractivity contribution in [3.63, 3.8) is 0 Å². The number of hydrogen-bond acceptors (Lipinski definition) is 4. The summed E-state index contributed by atoms with van der Waals surface area (Å²) >= 11 is 1.42. The lowest BCUT2D eigenvalue weighted by Crippen LogP contribution is -2.34. The van der Waals surface area contributed by atoms with Gasteiger partial charge < -0.3 is 5.41 Å². The maximum Gasteiger partial charge on any atom is 0.257 e. The zero-order valence-corrected chi connectivity index (χ0v) is 19.3. The summed E-state index contributed by atoms with van der Waals surface area (Å²) in [6.45, 7) is 4.46. The number of benzene rings is 2. The molecule has 0 aliphatic heterocycles. The van der Waals surface area contributed by atoms with E-state index in [1.165, 1.54) is 63.8 Å². The van der Waals surface area contributed by atoms with Crippen LogP contribution in [0.4, 0.5) is 5.13 Å². The van der Waals surface area contributed by atoms with E-state index in [2.05, 4.69) is 48.4 Å². The molecule has 164 valence electrons. The smallest absolute Gasteiger partial charge is 0.257 e. The number of fused-ring (bicyclic) bond motifs is 2. The SMILES string of the molecule is Cc1ccc2c(c1C=N)C1=C(CCCC1)C(C)(c1ccc(C(=O)Nc3nccs3)cc1)C2.[HH]. The largest absolute Gasteiger partial charge is 0.308 e. The molecule has 2 aliphatic carbocycles. The second kappa shape index (κ2) is 8.14. The van der Waals surface area contributed by atoms with Crippen LogP contribution < -0.4 is 5.32 Å². The fourth-order valence-electron chi connectivity index (χ4n) is 5.46. The number of anilines is 1. The van der Waals surface area contributed by atoms with Gasteiger partial charge in [0.1, 0.15) is 0 Å². The maximum atomic E-state index is 12.6. The van der Waals surface area contributed by atoms with E-state index in [9.17, 15) is 4.79 Å². The first-order chi connectivity index (χ1) is 15.5. The third-order valence-electron chi connectivity index (χ3n) is 7.11. The topological polar surface area (TPSA) is 65.8 Å². The zero-order chi connectivity index (χ0) is 22.3. The minimum Gasteiger partial charge on any atom is -0.308 e. The van der Waals surface area contributed by atoms with Gasteiger partial charge in [0.05, 0.1) is 0 Å². The third kappa shape index (κ3) is 3.41. The number of nitrogens with zero attached hydrogens (tertiary/aromatic N) is 1. The molecule has 2 N–H and O–H groups in total. The summed E-state index contributed by atoms with van der Waals surface area (Å²) in [7, 11) is 0. The number of rotatable bonds is 4. The fourth-order valence-corrected chi connectivity index (χ4v) is 5.98. The quantitative estimate of drug-likeness (QED) is 0.436. The predicted molar refractivity (Wildman–Crippen MR) is 134 cm³/mol. The molecule has 1 unspecified atom stereocenters. The molecule has 1 amide bonds. The first-order valence-electron chi connectivity index (χ1n) is 11.2. The summed E-state index contributed by atoms with van der Waals surface area (Å²) in [6, 6.07) is 12.5. The summed E-state index contributed by atoms with van der Waals surface area (Å²) in [6.07, 6.45) is 8.74. The van der Waals surface area contributed by atoms with E-state index >= 15 is 0 Å². The van der Waals surface area contributed by atoms with Gasteiger partial charge >= 0.3 is 0 Å². The monoisotopic (exact) mass is 443 g/mol. The van der Waals surface area contributed by atoms with Crippen molar-refractivity contribution < 1.29 is 6.22 Å². The minimum atomic E-state index is -0.130. The molecular formula is C27H29N3OS. The molecule has 0 saturated heterocycles. The molecule has 2 aliphatic rings. The number of amides is 1. The number of carbonyl (C=O) groups is 1. The highest BCUT2D eigenvalue weighted by atomic mass is 32.1. The van der Waals surface area contributed by atoms with Crippen molar-refractivity contribution in [1.29, 1.82) is 5.41 Å². The van der Waals surface area contributed by atoms with E-state index in [-0.39, 0.29) is 12.7 Å². The van der Waals surface area contributed by atoms with E-state index in [0.717, 1.165) is 24.8 Å². The molecule has 0 fully saturated rings. The first kappa shape index (κ1) is 20.8. The average Bonchev–Trinajstić information content (AvgIpc) is 3.33. The number of aromatic nitrogens is 1. The lowest BCUT2D eigenvalue weighted by atomic mass is 9.61. The van der Waals surface area contributed by atoms with E-state index in [1.54, 1.807) is 6.20 Å². The van der Waals surface area contributed by atoms with Crippen LogP contribution in [0.15, 0.2) is 53.5 Å². The number of aryl methyl sites for hydroxylation is 1. The third-order valence-corrected chi connectivity index (χ3v) is 7.80. The lowest BCUT2D eigenvalue weighted by molar-refractivity contribution is 0.102.